The first-order valence-corrected chi connectivity index (χ1v) is 7.84. The molecule has 0 aliphatic carbocycles. The molecule has 0 fully saturated rings. The molecule has 2 atom stereocenters. The van der Waals surface area contributed by atoms with Gasteiger partial charge in [-0.2, -0.15) is 0 Å². The summed E-state index contributed by atoms with van der Waals surface area (Å²) in [6, 6.07) is 13.1. The van der Waals surface area contributed by atoms with Crippen LogP contribution in [0.3, 0.4) is 0 Å². The van der Waals surface area contributed by atoms with E-state index >= 15 is 0 Å². The number of aryl methyl sites for hydroxylation is 1. The summed E-state index contributed by atoms with van der Waals surface area (Å²) in [7, 11) is 0. The minimum absolute atomic E-state index is 0.00147. The zero-order chi connectivity index (χ0) is 16.8. The highest BCUT2D eigenvalue weighted by Gasteiger charge is 2.15. The van der Waals surface area contributed by atoms with E-state index in [9.17, 15) is 10.2 Å². The molecule has 124 valence electrons. The van der Waals surface area contributed by atoms with Crippen LogP contribution in [0.2, 0.25) is 0 Å². The molecule has 3 N–H and O–H groups in total. The van der Waals surface area contributed by atoms with E-state index in [2.05, 4.69) is 0 Å². The molecule has 0 aliphatic rings. The maximum Gasteiger partial charge on any atom is 0.123 e. The lowest BCUT2D eigenvalue weighted by atomic mass is 10.0. The molecule has 0 saturated heterocycles. The number of benzene rings is 2. The van der Waals surface area contributed by atoms with Crippen molar-refractivity contribution in [3.63, 3.8) is 0 Å². The van der Waals surface area contributed by atoms with Crippen molar-refractivity contribution >= 4 is 0 Å². The van der Waals surface area contributed by atoms with Crippen LogP contribution in [0.4, 0.5) is 0 Å². The van der Waals surface area contributed by atoms with Gasteiger partial charge in [-0.1, -0.05) is 37.3 Å². The highest BCUT2D eigenvalue weighted by molar-refractivity contribution is 5.38. The predicted molar refractivity (Wildman–Crippen MR) is 89.2 cm³/mol. The van der Waals surface area contributed by atoms with Gasteiger partial charge in [0.25, 0.3) is 0 Å². The molecule has 2 aromatic rings. The van der Waals surface area contributed by atoms with E-state index in [1.54, 1.807) is 12.1 Å². The summed E-state index contributed by atoms with van der Waals surface area (Å²) < 4.78 is 6.14. The molecule has 0 radical (unpaired) electrons. The molecule has 4 nitrogen and oxygen atoms in total. The van der Waals surface area contributed by atoms with Crippen LogP contribution in [-0.4, -0.2) is 21.9 Å². The first-order valence-electron chi connectivity index (χ1n) is 7.84. The van der Waals surface area contributed by atoms with Gasteiger partial charge in [-0.05, 0) is 47.7 Å². The molecule has 0 heterocycles. The highest BCUT2D eigenvalue weighted by atomic mass is 16.5. The Hall–Kier alpha value is -1.88. The third-order valence-electron chi connectivity index (χ3n) is 3.92. The van der Waals surface area contributed by atoms with Crippen LogP contribution < -0.4 is 4.74 Å². The Bertz CT molecular complexity index is 639. The second-order valence-corrected chi connectivity index (χ2v) is 5.64. The summed E-state index contributed by atoms with van der Waals surface area (Å²) in [6.07, 6.45) is -0.265. The number of ether oxygens (including phenoxy) is 1. The van der Waals surface area contributed by atoms with Crippen LogP contribution in [0.25, 0.3) is 0 Å². The highest BCUT2D eigenvalue weighted by Crippen LogP contribution is 2.30. The second kappa shape index (κ2) is 8.11. The third kappa shape index (κ3) is 4.32. The number of rotatable bonds is 7. The first-order chi connectivity index (χ1) is 11.1. The van der Waals surface area contributed by atoms with Crippen molar-refractivity contribution in [2.45, 2.75) is 39.1 Å². The average Bonchev–Trinajstić information content (AvgIpc) is 2.60. The maximum atomic E-state index is 9.79. The Morgan fingerprint density at radius 1 is 1.04 bits per heavy atom. The van der Waals surface area contributed by atoms with Gasteiger partial charge in [-0.15, -0.1) is 0 Å². The van der Waals surface area contributed by atoms with Gasteiger partial charge < -0.3 is 20.1 Å². The summed E-state index contributed by atoms with van der Waals surface area (Å²) in [6.45, 7) is 3.67. The summed E-state index contributed by atoms with van der Waals surface area (Å²) >= 11 is 0. The molecule has 0 aromatic heterocycles. The van der Waals surface area contributed by atoms with Gasteiger partial charge in [0.1, 0.15) is 18.0 Å². The SMILES string of the molecule is CCC(Oc1cc(C(O)CO)ccc1C)c1cccc(CO)c1. The smallest absolute Gasteiger partial charge is 0.123 e. The van der Waals surface area contributed by atoms with Gasteiger partial charge in [0.15, 0.2) is 0 Å². The van der Waals surface area contributed by atoms with Gasteiger partial charge in [-0.3, -0.25) is 0 Å². The Labute approximate surface area is 137 Å². The minimum Gasteiger partial charge on any atom is -0.485 e. The molecule has 23 heavy (non-hydrogen) atoms. The van der Waals surface area contributed by atoms with Crippen LogP contribution in [0, 0.1) is 6.92 Å². The largest absolute Gasteiger partial charge is 0.485 e. The van der Waals surface area contributed by atoms with Crippen LogP contribution in [-0.2, 0) is 6.61 Å². The van der Waals surface area contributed by atoms with E-state index in [1.165, 1.54) is 0 Å². The zero-order valence-corrected chi connectivity index (χ0v) is 13.6. The van der Waals surface area contributed by atoms with E-state index in [4.69, 9.17) is 9.84 Å². The minimum atomic E-state index is -0.907. The quantitative estimate of drug-likeness (QED) is 0.734. The summed E-state index contributed by atoms with van der Waals surface area (Å²) in [5.74, 6) is 0.691. The normalized spacial score (nSPS) is 13.6. The fraction of sp³-hybridized carbons (Fsp3) is 0.368. The van der Waals surface area contributed by atoms with Crippen molar-refractivity contribution in [3.8, 4) is 5.75 Å². The average molecular weight is 316 g/mol. The maximum absolute atomic E-state index is 9.79. The molecule has 0 saturated carbocycles. The molecule has 0 bridgehead atoms. The lowest BCUT2D eigenvalue weighted by Gasteiger charge is -2.21. The summed E-state index contributed by atoms with van der Waals surface area (Å²) in [5, 5.41) is 28.2. The summed E-state index contributed by atoms with van der Waals surface area (Å²) in [4.78, 5) is 0. The van der Waals surface area contributed by atoms with Gasteiger partial charge in [0, 0.05) is 0 Å². The van der Waals surface area contributed by atoms with Crippen LogP contribution >= 0.6 is 0 Å². The molecular formula is C19H24O4. The van der Waals surface area contributed by atoms with Crippen molar-refractivity contribution < 1.29 is 20.1 Å². The van der Waals surface area contributed by atoms with E-state index in [-0.39, 0.29) is 19.3 Å². The zero-order valence-electron chi connectivity index (χ0n) is 13.6. The van der Waals surface area contributed by atoms with E-state index in [1.807, 2.05) is 44.2 Å². The molecular weight excluding hydrogens is 292 g/mol. The second-order valence-electron chi connectivity index (χ2n) is 5.64. The Morgan fingerprint density at radius 2 is 1.83 bits per heavy atom. The van der Waals surface area contributed by atoms with Gasteiger partial charge >= 0.3 is 0 Å². The van der Waals surface area contributed by atoms with Crippen molar-refractivity contribution in [1.82, 2.24) is 0 Å². The molecule has 2 unspecified atom stereocenters. The van der Waals surface area contributed by atoms with Crippen LogP contribution in [0.5, 0.6) is 5.75 Å². The fourth-order valence-electron chi connectivity index (χ4n) is 2.49. The van der Waals surface area contributed by atoms with Crippen molar-refractivity contribution in [1.29, 1.82) is 0 Å². The monoisotopic (exact) mass is 316 g/mol. The standard InChI is InChI=1S/C19H24O4/c1-3-18(16-6-4-5-14(9-16)11-20)23-19-10-15(17(22)12-21)8-7-13(19)2/h4-10,17-18,20-22H,3,11-12H2,1-2H3. The molecule has 0 spiro atoms. The van der Waals surface area contributed by atoms with Gasteiger partial charge in [0.05, 0.1) is 13.2 Å². The van der Waals surface area contributed by atoms with Crippen molar-refractivity contribution in [2.24, 2.45) is 0 Å². The Balaban J connectivity index is 2.27. The number of aliphatic hydroxyl groups excluding tert-OH is 3. The molecule has 0 amide bonds. The van der Waals surface area contributed by atoms with Crippen molar-refractivity contribution in [2.75, 3.05) is 6.61 Å². The molecule has 2 rings (SSSR count). The van der Waals surface area contributed by atoms with E-state index in [0.29, 0.717) is 11.3 Å². The first kappa shape index (κ1) is 17.5. The Morgan fingerprint density at radius 3 is 2.48 bits per heavy atom. The third-order valence-corrected chi connectivity index (χ3v) is 3.92. The number of hydrogen-bond donors (Lipinski definition) is 3. The molecule has 0 aliphatic heterocycles. The van der Waals surface area contributed by atoms with Crippen molar-refractivity contribution in [3.05, 3.63) is 64.7 Å². The lowest BCUT2D eigenvalue weighted by molar-refractivity contribution is 0.0951. The number of aliphatic hydroxyl groups is 3. The topological polar surface area (TPSA) is 69.9 Å². The fourth-order valence-corrected chi connectivity index (χ4v) is 2.49. The number of hydrogen-bond acceptors (Lipinski definition) is 4. The molecule has 2 aromatic carbocycles. The lowest BCUT2D eigenvalue weighted by Crippen LogP contribution is -2.09. The van der Waals surface area contributed by atoms with Crippen LogP contribution in [0.1, 0.15) is 47.8 Å². The van der Waals surface area contributed by atoms with Gasteiger partial charge in [0.2, 0.25) is 0 Å². The molecule has 4 heteroatoms. The Kier molecular flexibility index (Phi) is 6.16. The van der Waals surface area contributed by atoms with E-state index < -0.39 is 6.10 Å². The van der Waals surface area contributed by atoms with Crippen LogP contribution in [0.15, 0.2) is 42.5 Å². The van der Waals surface area contributed by atoms with E-state index in [0.717, 1.165) is 23.1 Å². The predicted octanol–water partition coefficient (Wildman–Crippen LogP) is 3.04. The summed E-state index contributed by atoms with van der Waals surface area (Å²) in [5.41, 5.74) is 3.46. The van der Waals surface area contributed by atoms with Gasteiger partial charge in [-0.25, -0.2) is 0 Å².